The lowest BCUT2D eigenvalue weighted by atomic mass is 9.94. The second kappa shape index (κ2) is 5.38. The summed E-state index contributed by atoms with van der Waals surface area (Å²) in [4.78, 5) is 31.0. The van der Waals surface area contributed by atoms with Crippen molar-refractivity contribution in [1.29, 1.82) is 0 Å². The second-order valence-corrected chi connectivity index (χ2v) is 4.92. The van der Waals surface area contributed by atoms with Gasteiger partial charge in [0.1, 0.15) is 24.3 Å². The standard InChI is InChI=1S/C7H12FO10P/c8-5-4(10)3(9)2(1-17-19(14,15)16)18-7(5,13)6(11)12/h2-5,9-10,13H,1H2,(H,11,12)(H2,14,15,16)/p-3/t2-,3-,4+,5-,7-/m1/s1. The molecule has 0 amide bonds. The molecule has 10 nitrogen and oxygen atoms in total. The minimum absolute atomic E-state index is 1.22. The molecular weight excluding hydrogens is 294 g/mol. The van der Waals surface area contributed by atoms with Crippen molar-refractivity contribution in [2.75, 3.05) is 6.61 Å². The first-order valence-corrected chi connectivity index (χ1v) is 6.23. The average molecular weight is 303 g/mol. The third-order valence-corrected chi connectivity index (χ3v) is 2.89. The quantitative estimate of drug-likeness (QED) is 0.424. The van der Waals surface area contributed by atoms with Crippen LogP contribution in [0.1, 0.15) is 0 Å². The third-order valence-electron chi connectivity index (χ3n) is 2.42. The molecule has 112 valence electrons. The molecule has 1 rings (SSSR count). The van der Waals surface area contributed by atoms with E-state index >= 15 is 0 Å². The molecule has 1 saturated heterocycles. The molecule has 0 saturated carbocycles. The van der Waals surface area contributed by atoms with Crippen molar-refractivity contribution < 1.29 is 53.2 Å². The smallest absolute Gasteiger partial charge is 0.242 e. The van der Waals surface area contributed by atoms with Crippen molar-refractivity contribution >= 4 is 13.8 Å². The topological polar surface area (TPSA) is 182 Å². The van der Waals surface area contributed by atoms with E-state index in [1.165, 1.54) is 0 Å². The first-order chi connectivity index (χ1) is 8.49. The Kier molecular flexibility index (Phi) is 4.65. The summed E-state index contributed by atoms with van der Waals surface area (Å²) < 4.78 is 31.5. The number of carboxylic acid groups (broad SMARTS) is 1. The number of ether oxygens (including phenoxy) is 1. The molecule has 0 radical (unpaired) electrons. The minimum Gasteiger partial charge on any atom is -0.790 e. The number of rotatable bonds is 4. The highest BCUT2D eigenvalue weighted by Crippen LogP contribution is 2.33. The van der Waals surface area contributed by atoms with Crippen molar-refractivity contribution in [3.63, 3.8) is 0 Å². The molecule has 0 aromatic heterocycles. The molecule has 0 bridgehead atoms. The molecule has 12 heteroatoms. The maximum Gasteiger partial charge on any atom is 0.242 e. The van der Waals surface area contributed by atoms with Crippen LogP contribution < -0.4 is 14.9 Å². The van der Waals surface area contributed by atoms with E-state index in [1.807, 2.05) is 0 Å². The Balaban J connectivity index is 2.88. The largest absolute Gasteiger partial charge is 0.790 e. The van der Waals surface area contributed by atoms with Crippen LogP contribution in [-0.2, 0) is 18.6 Å². The van der Waals surface area contributed by atoms with Crippen LogP contribution in [-0.4, -0.2) is 58.2 Å². The van der Waals surface area contributed by atoms with Gasteiger partial charge in [-0.05, 0) is 0 Å². The number of hydrogen-bond donors (Lipinski definition) is 3. The number of aliphatic hydroxyl groups excluding tert-OH is 2. The number of halogens is 1. The molecule has 3 N–H and O–H groups in total. The molecule has 1 aliphatic heterocycles. The van der Waals surface area contributed by atoms with Crippen LogP contribution in [0.15, 0.2) is 0 Å². The maximum atomic E-state index is 13.3. The Bertz CT molecular complexity index is 397. The normalized spacial score (nSPS) is 40.1. The van der Waals surface area contributed by atoms with Gasteiger partial charge in [-0.3, -0.25) is 0 Å². The van der Waals surface area contributed by atoms with Crippen LogP contribution >= 0.6 is 7.82 Å². The Labute approximate surface area is 105 Å². The van der Waals surface area contributed by atoms with E-state index < -0.39 is 50.7 Å². The number of aliphatic hydroxyl groups is 3. The zero-order valence-electron chi connectivity index (χ0n) is 9.04. The molecule has 0 aliphatic carbocycles. The molecule has 1 aliphatic rings. The van der Waals surface area contributed by atoms with Gasteiger partial charge in [0.25, 0.3) is 0 Å². The van der Waals surface area contributed by atoms with Gasteiger partial charge in [0, 0.05) is 0 Å². The first kappa shape index (κ1) is 16.4. The third kappa shape index (κ3) is 3.46. The molecule has 1 heterocycles. The number of alkyl halides is 1. The van der Waals surface area contributed by atoms with Crippen molar-refractivity contribution in [1.82, 2.24) is 0 Å². The summed E-state index contributed by atoms with van der Waals surface area (Å²) in [6, 6.07) is 0. The summed E-state index contributed by atoms with van der Waals surface area (Å²) in [7, 11) is -5.47. The van der Waals surface area contributed by atoms with Crippen molar-refractivity contribution in [2.45, 2.75) is 30.3 Å². The maximum absolute atomic E-state index is 13.3. The highest BCUT2D eigenvalue weighted by Gasteiger charge is 2.55. The van der Waals surface area contributed by atoms with Gasteiger partial charge >= 0.3 is 0 Å². The zero-order chi connectivity index (χ0) is 15.0. The number of carbonyl (C=O) groups excluding carboxylic acids is 1. The molecule has 0 spiro atoms. The van der Waals surface area contributed by atoms with Gasteiger partial charge in [-0.2, -0.15) is 0 Å². The fourth-order valence-electron chi connectivity index (χ4n) is 1.45. The summed E-state index contributed by atoms with van der Waals surface area (Å²) in [6.07, 6.45) is -9.46. The predicted octanol–water partition coefficient (Wildman–Crippen LogP) is -5.27. The van der Waals surface area contributed by atoms with Gasteiger partial charge in [0.05, 0.1) is 14.4 Å². The SMILES string of the molecule is O=C([O-])[C@]1(O)O[C@H](COP(=O)([O-])[O-])[C@@H](O)[C@H](O)[C@H]1F. The van der Waals surface area contributed by atoms with Crippen LogP contribution in [0, 0.1) is 0 Å². The number of phosphoric ester groups is 1. The Morgan fingerprint density at radius 2 is 1.95 bits per heavy atom. The Morgan fingerprint density at radius 1 is 1.42 bits per heavy atom. The van der Waals surface area contributed by atoms with E-state index in [0.29, 0.717) is 0 Å². The number of phosphoric acid groups is 1. The second-order valence-electron chi connectivity index (χ2n) is 3.77. The first-order valence-electron chi connectivity index (χ1n) is 4.77. The van der Waals surface area contributed by atoms with E-state index in [2.05, 4.69) is 9.26 Å². The molecule has 0 unspecified atom stereocenters. The van der Waals surface area contributed by atoms with Crippen LogP contribution in [0.3, 0.4) is 0 Å². The summed E-state index contributed by atoms with van der Waals surface area (Å²) in [5, 5.41) is 38.3. The van der Waals surface area contributed by atoms with E-state index in [1.54, 1.807) is 0 Å². The van der Waals surface area contributed by atoms with Gasteiger partial charge in [-0.25, -0.2) is 4.39 Å². The summed E-state index contributed by atoms with van der Waals surface area (Å²) in [5.74, 6) is -6.06. The fraction of sp³-hybridized carbons (Fsp3) is 0.857. The number of carbonyl (C=O) groups is 1. The Morgan fingerprint density at radius 3 is 2.37 bits per heavy atom. The van der Waals surface area contributed by atoms with E-state index in [0.717, 1.165) is 0 Å². The minimum atomic E-state index is -5.47. The van der Waals surface area contributed by atoms with Crippen LogP contribution in [0.2, 0.25) is 0 Å². The summed E-state index contributed by atoms with van der Waals surface area (Å²) in [6.45, 7) is -1.22. The van der Waals surface area contributed by atoms with Crippen molar-refractivity contribution in [3.8, 4) is 0 Å². The summed E-state index contributed by atoms with van der Waals surface area (Å²) in [5.41, 5.74) is 0. The molecule has 0 aromatic carbocycles. The molecular formula is C7H9FO10P-3. The lowest BCUT2D eigenvalue weighted by Gasteiger charge is -2.45. The van der Waals surface area contributed by atoms with E-state index in [4.69, 9.17) is 0 Å². The molecule has 5 atom stereocenters. The number of hydrogen-bond acceptors (Lipinski definition) is 10. The monoisotopic (exact) mass is 303 g/mol. The van der Waals surface area contributed by atoms with Gasteiger partial charge in [0.15, 0.2) is 6.17 Å². The highest BCUT2D eigenvalue weighted by molar-refractivity contribution is 7.43. The average Bonchev–Trinajstić information content (AvgIpc) is 2.28. The molecule has 0 aromatic rings. The molecule has 1 fully saturated rings. The zero-order valence-corrected chi connectivity index (χ0v) is 9.94. The van der Waals surface area contributed by atoms with Crippen LogP contribution in [0.4, 0.5) is 4.39 Å². The highest BCUT2D eigenvalue weighted by atomic mass is 31.2. The number of aliphatic carboxylic acids is 1. The van der Waals surface area contributed by atoms with Crippen molar-refractivity contribution in [3.05, 3.63) is 0 Å². The predicted molar refractivity (Wildman–Crippen MR) is 45.3 cm³/mol. The van der Waals surface area contributed by atoms with E-state index in [9.17, 15) is 44.0 Å². The van der Waals surface area contributed by atoms with Crippen LogP contribution in [0.5, 0.6) is 0 Å². The lowest BCUT2D eigenvalue weighted by molar-refractivity contribution is -0.390. The van der Waals surface area contributed by atoms with E-state index in [-0.39, 0.29) is 0 Å². The van der Waals surface area contributed by atoms with Gasteiger partial charge in [0.2, 0.25) is 5.79 Å². The summed E-state index contributed by atoms with van der Waals surface area (Å²) >= 11 is 0. The number of carboxylic acids is 1. The molecule has 19 heavy (non-hydrogen) atoms. The van der Waals surface area contributed by atoms with Crippen molar-refractivity contribution in [2.24, 2.45) is 0 Å². The van der Waals surface area contributed by atoms with Gasteiger partial charge in [-0.15, -0.1) is 0 Å². The van der Waals surface area contributed by atoms with Gasteiger partial charge < -0.3 is 48.8 Å². The van der Waals surface area contributed by atoms with Crippen LogP contribution in [0.25, 0.3) is 0 Å². The Hall–Kier alpha value is -0.650. The van der Waals surface area contributed by atoms with Gasteiger partial charge in [-0.1, -0.05) is 0 Å². The fourth-order valence-corrected chi connectivity index (χ4v) is 1.78. The lowest BCUT2D eigenvalue weighted by Crippen LogP contribution is -2.69.